The van der Waals surface area contributed by atoms with E-state index in [1.807, 2.05) is 6.92 Å². The van der Waals surface area contributed by atoms with Crippen LogP contribution in [0.3, 0.4) is 0 Å². The Labute approximate surface area is 193 Å². The number of nitrogens with zero attached hydrogens (tertiary/aromatic N) is 2. The van der Waals surface area contributed by atoms with Crippen molar-refractivity contribution in [2.75, 3.05) is 10.7 Å². The van der Waals surface area contributed by atoms with E-state index in [4.69, 9.17) is 0 Å². The van der Waals surface area contributed by atoms with Crippen molar-refractivity contribution in [1.82, 2.24) is 5.32 Å². The number of hydrogen-bond acceptors (Lipinski definition) is 4. The van der Waals surface area contributed by atoms with Crippen LogP contribution in [-0.2, 0) is 11.0 Å². The average molecular weight is 472 g/mol. The van der Waals surface area contributed by atoms with Gasteiger partial charge < -0.3 is 5.32 Å². The van der Waals surface area contributed by atoms with Crippen molar-refractivity contribution < 1.29 is 22.8 Å². The molecular formula is C24H20F3N3O2S. The molecule has 170 valence electrons. The smallest absolute Gasteiger partial charge is 0.326 e. The van der Waals surface area contributed by atoms with Crippen LogP contribution >= 0.6 is 11.8 Å². The van der Waals surface area contributed by atoms with Gasteiger partial charge >= 0.3 is 12.2 Å². The number of ketones is 1. The number of thioether (sulfide) groups is 1. The molecule has 1 heterocycles. The van der Waals surface area contributed by atoms with Crippen LogP contribution in [-0.4, -0.2) is 17.6 Å². The summed E-state index contributed by atoms with van der Waals surface area (Å²) in [6.45, 7) is 1.96. The van der Waals surface area contributed by atoms with Crippen molar-refractivity contribution in [2.24, 2.45) is 0 Å². The standard InChI is InChI=1S/C24H20F3N3O2S/c1-2-33-20-11-14(13-28)9-10-17(20)22-21-18(7-4-8-19(21)31)30(23(32)29-22)16-6-3-5-15(12-16)24(25,26)27/h3,5-6,9-12,22H,2,4,7-8H2,1H3,(H,29,32)/t22-/m1/s1. The number of benzene rings is 2. The molecule has 2 aromatic carbocycles. The summed E-state index contributed by atoms with van der Waals surface area (Å²) in [5.41, 5.74) is 1.17. The fourth-order valence-electron chi connectivity index (χ4n) is 4.24. The molecule has 0 saturated heterocycles. The Bertz CT molecular complexity index is 1200. The first-order valence-corrected chi connectivity index (χ1v) is 11.4. The number of urea groups is 1. The molecular weight excluding hydrogens is 451 g/mol. The number of Topliss-reactive ketones (excluding diaryl/α,β-unsaturated/α-hetero) is 1. The van der Waals surface area contributed by atoms with Gasteiger partial charge in [0.15, 0.2) is 5.78 Å². The van der Waals surface area contributed by atoms with Crippen LogP contribution in [0, 0.1) is 11.3 Å². The lowest BCUT2D eigenvalue weighted by Crippen LogP contribution is -2.49. The van der Waals surface area contributed by atoms with Gasteiger partial charge in [-0.25, -0.2) is 4.79 Å². The second-order valence-corrected chi connectivity index (χ2v) is 9.01. The Morgan fingerprint density at radius 1 is 1.18 bits per heavy atom. The van der Waals surface area contributed by atoms with Crippen LogP contribution in [0.5, 0.6) is 0 Å². The maximum Gasteiger partial charge on any atom is 0.416 e. The molecule has 1 N–H and O–H groups in total. The molecule has 2 aliphatic rings. The summed E-state index contributed by atoms with van der Waals surface area (Å²) in [6.07, 6.45) is -3.35. The zero-order valence-corrected chi connectivity index (χ0v) is 18.5. The second kappa shape index (κ2) is 8.94. The van der Waals surface area contributed by atoms with Crippen molar-refractivity contribution in [3.05, 3.63) is 70.4 Å². The highest BCUT2D eigenvalue weighted by atomic mass is 32.2. The second-order valence-electron chi connectivity index (χ2n) is 7.70. The molecule has 0 bridgehead atoms. The van der Waals surface area contributed by atoms with Crippen LogP contribution in [0.1, 0.15) is 48.9 Å². The molecule has 0 unspecified atom stereocenters. The lowest BCUT2D eigenvalue weighted by atomic mass is 9.84. The normalized spacial score (nSPS) is 18.6. The van der Waals surface area contributed by atoms with Gasteiger partial charge in [0.2, 0.25) is 0 Å². The number of nitriles is 1. The number of alkyl halides is 3. The molecule has 0 radical (unpaired) electrons. The zero-order valence-electron chi connectivity index (χ0n) is 17.7. The maximum atomic E-state index is 13.3. The monoisotopic (exact) mass is 471 g/mol. The zero-order chi connectivity index (χ0) is 23.8. The van der Waals surface area contributed by atoms with E-state index in [-0.39, 0.29) is 11.5 Å². The third kappa shape index (κ3) is 4.35. The van der Waals surface area contributed by atoms with E-state index in [1.165, 1.54) is 28.8 Å². The van der Waals surface area contributed by atoms with Gasteiger partial charge in [-0.3, -0.25) is 9.69 Å². The SMILES string of the molecule is CCSc1cc(C#N)ccc1[C@H]1NC(=O)N(c2cccc(C(F)(F)F)c2)C2=C1C(=O)CCC2. The molecule has 9 heteroatoms. The van der Waals surface area contributed by atoms with Crippen LogP contribution in [0.15, 0.2) is 58.6 Å². The molecule has 4 rings (SSSR count). The van der Waals surface area contributed by atoms with Crippen molar-refractivity contribution in [3.8, 4) is 6.07 Å². The molecule has 0 spiro atoms. The number of allylic oxidation sites excluding steroid dienone is 1. The molecule has 0 fully saturated rings. The highest BCUT2D eigenvalue weighted by molar-refractivity contribution is 7.99. The predicted molar refractivity (Wildman–Crippen MR) is 119 cm³/mol. The summed E-state index contributed by atoms with van der Waals surface area (Å²) < 4.78 is 39.8. The number of rotatable bonds is 4. The summed E-state index contributed by atoms with van der Waals surface area (Å²) >= 11 is 1.49. The van der Waals surface area contributed by atoms with Gasteiger partial charge in [-0.15, -0.1) is 11.8 Å². The minimum Gasteiger partial charge on any atom is -0.326 e. The van der Waals surface area contributed by atoms with E-state index in [0.717, 1.165) is 22.8 Å². The Balaban J connectivity index is 1.86. The first-order valence-electron chi connectivity index (χ1n) is 10.5. The minimum atomic E-state index is -4.56. The Hall–Kier alpha value is -3.25. The molecule has 1 atom stereocenters. The quantitative estimate of drug-likeness (QED) is 0.558. The maximum absolute atomic E-state index is 13.3. The molecule has 0 aromatic heterocycles. The number of nitrogens with one attached hydrogen (secondary N) is 1. The molecule has 1 aliphatic carbocycles. The van der Waals surface area contributed by atoms with E-state index in [9.17, 15) is 28.0 Å². The van der Waals surface area contributed by atoms with E-state index in [0.29, 0.717) is 41.7 Å². The van der Waals surface area contributed by atoms with Gasteiger partial charge in [0.25, 0.3) is 0 Å². The Morgan fingerprint density at radius 3 is 2.67 bits per heavy atom. The highest BCUT2D eigenvalue weighted by Crippen LogP contribution is 2.42. The van der Waals surface area contributed by atoms with Gasteiger partial charge in [-0.05, 0) is 54.5 Å². The van der Waals surface area contributed by atoms with Gasteiger partial charge in [-0.2, -0.15) is 18.4 Å². The third-order valence-electron chi connectivity index (χ3n) is 5.64. The van der Waals surface area contributed by atoms with Crippen molar-refractivity contribution in [2.45, 2.75) is 43.3 Å². The number of anilines is 1. The number of carbonyl (C=O) groups is 2. The van der Waals surface area contributed by atoms with Gasteiger partial charge in [0.05, 0.1) is 28.9 Å². The van der Waals surface area contributed by atoms with E-state index in [1.54, 1.807) is 18.2 Å². The first kappa shape index (κ1) is 22.9. The number of hydrogen-bond donors (Lipinski definition) is 1. The first-order chi connectivity index (χ1) is 15.7. The van der Waals surface area contributed by atoms with Gasteiger partial charge in [0.1, 0.15) is 0 Å². The fourth-order valence-corrected chi connectivity index (χ4v) is 5.11. The van der Waals surface area contributed by atoms with Gasteiger partial charge in [0, 0.05) is 22.6 Å². The molecule has 2 aromatic rings. The van der Waals surface area contributed by atoms with Crippen LogP contribution in [0.25, 0.3) is 0 Å². The number of halogens is 3. The topological polar surface area (TPSA) is 73.2 Å². The number of carbonyl (C=O) groups excluding carboxylic acids is 2. The van der Waals surface area contributed by atoms with Crippen molar-refractivity contribution in [3.63, 3.8) is 0 Å². The van der Waals surface area contributed by atoms with Crippen LogP contribution in [0.2, 0.25) is 0 Å². The Morgan fingerprint density at radius 2 is 1.97 bits per heavy atom. The van der Waals surface area contributed by atoms with Crippen molar-refractivity contribution in [1.29, 1.82) is 5.26 Å². The summed E-state index contributed by atoms with van der Waals surface area (Å²) in [7, 11) is 0. The largest absolute Gasteiger partial charge is 0.416 e. The molecule has 33 heavy (non-hydrogen) atoms. The molecule has 5 nitrogen and oxygen atoms in total. The summed E-state index contributed by atoms with van der Waals surface area (Å²) in [6, 6.07) is 10.4. The fraction of sp³-hybridized carbons (Fsp3) is 0.292. The van der Waals surface area contributed by atoms with Gasteiger partial charge in [-0.1, -0.05) is 19.1 Å². The average Bonchev–Trinajstić information content (AvgIpc) is 2.78. The number of amides is 2. The molecule has 1 aliphatic heterocycles. The summed E-state index contributed by atoms with van der Waals surface area (Å²) in [5.74, 6) is 0.578. The molecule has 0 saturated carbocycles. The Kier molecular flexibility index (Phi) is 6.21. The highest BCUT2D eigenvalue weighted by Gasteiger charge is 2.41. The van der Waals surface area contributed by atoms with E-state index < -0.39 is 23.8 Å². The summed E-state index contributed by atoms with van der Waals surface area (Å²) in [4.78, 5) is 28.2. The predicted octanol–water partition coefficient (Wildman–Crippen LogP) is 5.97. The lowest BCUT2D eigenvalue weighted by Gasteiger charge is -2.39. The van der Waals surface area contributed by atoms with E-state index in [2.05, 4.69) is 11.4 Å². The van der Waals surface area contributed by atoms with E-state index >= 15 is 0 Å². The summed E-state index contributed by atoms with van der Waals surface area (Å²) in [5, 5.41) is 12.1. The third-order valence-corrected chi connectivity index (χ3v) is 6.60. The van der Waals surface area contributed by atoms with Crippen LogP contribution in [0.4, 0.5) is 23.7 Å². The molecule has 2 amide bonds. The lowest BCUT2D eigenvalue weighted by molar-refractivity contribution is -0.137. The van der Waals surface area contributed by atoms with Crippen LogP contribution < -0.4 is 10.2 Å². The minimum absolute atomic E-state index is 0.0611. The van der Waals surface area contributed by atoms with Crippen molar-refractivity contribution >= 4 is 29.3 Å².